The lowest BCUT2D eigenvalue weighted by atomic mass is 10.00. The average molecular weight is 408 g/mol. The van der Waals surface area contributed by atoms with Gasteiger partial charge in [0, 0.05) is 6.54 Å². The molecule has 0 spiro atoms. The summed E-state index contributed by atoms with van der Waals surface area (Å²) in [5.74, 6) is 0. The highest BCUT2D eigenvalue weighted by Crippen LogP contribution is 2.40. The highest BCUT2D eigenvalue weighted by atomic mass is 28.4. The number of rotatable bonds is 4. The fourth-order valence-electron chi connectivity index (χ4n) is 3.21. The maximum absolute atomic E-state index is 12.9. The predicted octanol–water partition coefficient (Wildman–Crippen LogP) is 5.12. The number of carbonyl (C=O) groups is 1. The van der Waals surface area contributed by atoms with Crippen molar-refractivity contribution >= 4 is 14.4 Å². The van der Waals surface area contributed by atoms with E-state index in [1.54, 1.807) is 4.90 Å². The molecular weight excluding hydrogens is 370 g/mol. The summed E-state index contributed by atoms with van der Waals surface area (Å²) in [5.41, 5.74) is 0.214. The lowest BCUT2D eigenvalue weighted by Crippen LogP contribution is -2.45. The van der Waals surface area contributed by atoms with Crippen molar-refractivity contribution in [1.82, 2.24) is 4.90 Å². The van der Waals surface area contributed by atoms with Crippen LogP contribution in [0.2, 0.25) is 18.1 Å². The van der Waals surface area contributed by atoms with Crippen molar-refractivity contribution < 1.29 is 19.1 Å². The van der Waals surface area contributed by atoms with E-state index in [-0.39, 0.29) is 17.2 Å². The maximum atomic E-state index is 12.9. The molecule has 1 fully saturated rings. The Balaban J connectivity index is 2.25. The number of aliphatic hydroxyl groups is 1. The topological polar surface area (TPSA) is 59.0 Å². The molecule has 3 atom stereocenters. The third-order valence-corrected chi connectivity index (χ3v) is 10.2. The summed E-state index contributed by atoms with van der Waals surface area (Å²) >= 11 is 0. The first-order valence-corrected chi connectivity index (χ1v) is 13.0. The second-order valence-corrected chi connectivity index (χ2v) is 15.0. The van der Waals surface area contributed by atoms with E-state index >= 15 is 0 Å². The van der Waals surface area contributed by atoms with Gasteiger partial charge in [0.15, 0.2) is 8.32 Å². The summed E-state index contributed by atoms with van der Waals surface area (Å²) in [4.78, 5) is 14.5. The molecule has 1 unspecified atom stereocenters. The van der Waals surface area contributed by atoms with Crippen molar-refractivity contribution in [1.29, 1.82) is 0 Å². The molecule has 1 aliphatic rings. The van der Waals surface area contributed by atoms with Gasteiger partial charge >= 0.3 is 6.09 Å². The summed E-state index contributed by atoms with van der Waals surface area (Å²) in [6, 6.07) is 9.12. The van der Waals surface area contributed by atoms with Crippen molar-refractivity contribution in [3.8, 4) is 0 Å². The van der Waals surface area contributed by atoms with Crippen molar-refractivity contribution in [2.45, 2.75) is 89.9 Å². The number of hydrogen-bond donors (Lipinski definition) is 1. The van der Waals surface area contributed by atoms with Crippen molar-refractivity contribution in [2.24, 2.45) is 0 Å². The number of benzene rings is 1. The highest BCUT2D eigenvalue weighted by molar-refractivity contribution is 6.74. The molecule has 0 saturated carbocycles. The quantitative estimate of drug-likeness (QED) is 0.704. The monoisotopic (exact) mass is 407 g/mol. The number of amides is 1. The molecule has 5 nitrogen and oxygen atoms in total. The minimum absolute atomic E-state index is 0.0832. The van der Waals surface area contributed by atoms with Gasteiger partial charge in [0.25, 0.3) is 0 Å². The largest absolute Gasteiger partial charge is 0.444 e. The Bertz CT molecular complexity index is 663. The number of hydrogen-bond acceptors (Lipinski definition) is 4. The first kappa shape index (κ1) is 22.9. The van der Waals surface area contributed by atoms with E-state index in [0.29, 0.717) is 13.0 Å². The number of nitrogens with zero attached hydrogens (tertiary/aromatic N) is 1. The molecule has 2 rings (SSSR count). The zero-order valence-corrected chi connectivity index (χ0v) is 19.7. The van der Waals surface area contributed by atoms with Crippen molar-refractivity contribution in [2.75, 3.05) is 6.54 Å². The molecule has 6 heteroatoms. The molecule has 1 aliphatic heterocycles. The minimum Gasteiger partial charge on any atom is -0.444 e. The van der Waals surface area contributed by atoms with Gasteiger partial charge in [-0.25, -0.2) is 4.79 Å². The Hall–Kier alpha value is -1.37. The molecule has 1 saturated heterocycles. The predicted molar refractivity (Wildman–Crippen MR) is 115 cm³/mol. The van der Waals surface area contributed by atoms with E-state index in [2.05, 4.69) is 33.9 Å². The minimum atomic E-state index is -1.99. The van der Waals surface area contributed by atoms with E-state index in [1.807, 2.05) is 51.1 Å². The van der Waals surface area contributed by atoms with Crippen LogP contribution in [0.5, 0.6) is 0 Å². The third kappa shape index (κ3) is 5.58. The third-order valence-electron chi connectivity index (χ3n) is 5.71. The van der Waals surface area contributed by atoms with Gasteiger partial charge in [0.05, 0.1) is 18.2 Å². The van der Waals surface area contributed by atoms with Crippen molar-refractivity contribution in [3.63, 3.8) is 0 Å². The van der Waals surface area contributed by atoms with Crippen LogP contribution in [0.3, 0.4) is 0 Å². The Morgan fingerprint density at radius 2 is 1.71 bits per heavy atom. The lowest BCUT2D eigenvalue weighted by Gasteiger charge is -2.38. The average Bonchev–Trinajstić information content (AvgIpc) is 2.95. The molecular formula is C22H37NO4Si. The summed E-state index contributed by atoms with van der Waals surface area (Å²) in [7, 11) is -1.99. The Morgan fingerprint density at radius 1 is 1.14 bits per heavy atom. The van der Waals surface area contributed by atoms with Crippen LogP contribution in [0.15, 0.2) is 30.3 Å². The van der Waals surface area contributed by atoms with Gasteiger partial charge in [-0.2, -0.15) is 0 Å². The molecule has 1 N–H and O–H groups in total. The van der Waals surface area contributed by atoms with Gasteiger partial charge < -0.3 is 14.3 Å². The molecule has 1 aromatic rings. The molecule has 0 aliphatic carbocycles. The molecule has 158 valence electrons. The molecule has 1 amide bonds. The zero-order valence-electron chi connectivity index (χ0n) is 18.7. The van der Waals surface area contributed by atoms with E-state index in [4.69, 9.17) is 9.16 Å². The second-order valence-electron chi connectivity index (χ2n) is 10.3. The fraction of sp³-hybridized carbons (Fsp3) is 0.682. The van der Waals surface area contributed by atoms with Crippen LogP contribution in [0, 0.1) is 0 Å². The number of ether oxygens (including phenoxy) is 1. The Labute approximate surface area is 171 Å². The summed E-state index contributed by atoms with van der Waals surface area (Å²) in [6.07, 6.45) is -0.672. The van der Waals surface area contributed by atoms with Gasteiger partial charge in [-0.15, -0.1) is 0 Å². The highest BCUT2D eigenvalue weighted by Gasteiger charge is 2.46. The van der Waals surface area contributed by atoms with Crippen LogP contribution >= 0.6 is 0 Å². The Morgan fingerprint density at radius 3 is 2.21 bits per heavy atom. The van der Waals surface area contributed by atoms with E-state index in [1.165, 1.54) is 0 Å². The number of likely N-dealkylation sites (tertiary alicyclic amines) is 1. The van der Waals surface area contributed by atoms with Crippen molar-refractivity contribution in [3.05, 3.63) is 35.9 Å². The van der Waals surface area contributed by atoms with E-state index in [9.17, 15) is 9.90 Å². The van der Waals surface area contributed by atoms with E-state index < -0.39 is 26.1 Å². The summed E-state index contributed by atoms with van der Waals surface area (Å²) < 4.78 is 12.2. The van der Waals surface area contributed by atoms with Crippen LogP contribution in [0.4, 0.5) is 4.79 Å². The first-order valence-electron chi connectivity index (χ1n) is 10.1. The Kier molecular flexibility index (Phi) is 6.68. The molecule has 28 heavy (non-hydrogen) atoms. The first-order chi connectivity index (χ1) is 12.7. The standard InChI is InChI=1S/C22H37NO4Si/c1-21(2,3)26-20(25)23-15-17(27-28(7,8)22(4,5)6)14-18(23)19(24)16-12-10-9-11-13-16/h9-13,17-19,24H,14-15H2,1-8H3/t17-,18+,19?/m1/s1. The fourth-order valence-corrected chi connectivity index (χ4v) is 4.56. The van der Waals surface area contributed by atoms with Gasteiger partial charge in [-0.3, -0.25) is 4.90 Å². The van der Waals surface area contributed by atoms with Crippen LogP contribution in [-0.4, -0.2) is 48.7 Å². The lowest BCUT2D eigenvalue weighted by molar-refractivity contribution is 0.00445. The smallest absolute Gasteiger partial charge is 0.410 e. The van der Waals surface area contributed by atoms with E-state index in [0.717, 1.165) is 5.56 Å². The van der Waals surface area contributed by atoms with Gasteiger partial charge in [0.2, 0.25) is 0 Å². The molecule has 1 heterocycles. The van der Waals surface area contributed by atoms with Gasteiger partial charge in [-0.1, -0.05) is 51.1 Å². The van der Waals surface area contributed by atoms with Crippen LogP contribution in [0.25, 0.3) is 0 Å². The van der Waals surface area contributed by atoms with Crippen LogP contribution < -0.4 is 0 Å². The SMILES string of the molecule is CC(C)(C)OC(=O)N1C[C@H](O[Si](C)(C)C(C)(C)C)C[C@H]1C(O)c1ccccc1. The number of carbonyl (C=O) groups excluding carboxylic acids is 1. The second kappa shape index (κ2) is 8.17. The van der Waals surface area contributed by atoms with Gasteiger partial charge in [-0.05, 0) is 50.9 Å². The summed E-state index contributed by atoms with van der Waals surface area (Å²) in [5, 5.41) is 11.1. The molecule has 0 bridgehead atoms. The van der Waals surface area contributed by atoms with Crippen LogP contribution in [0.1, 0.15) is 59.6 Å². The molecule has 0 aromatic heterocycles. The maximum Gasteiger partial charge on any atom is 0.410 e. The molecule has 0 radical (unpaired) electrons. The number of aliphatic hydroxyl groups excluding tert-OH is 1. The van der Waals surface area contributed by atoms with Crippen LogP contribution in [-0.2, 0) is 9.16 Å². The normalized spacial score (nSPS) is 22.2. The van der Waals surface area contributed by atoms with Gasteiger partial charge in [0.1, 0.15) is 5.60 Å². The zero-order chi connectivity index (χ0) is 21.3. The summed E-state index contributed by atoms with van der Waals surface area (Å²) in [6.45, 7) is 17.0. The molecule has 1 aromatic carbocycles.